The molecule has 6 nitrogen and oxygen atoms in total. The molecule has 2 heterocycles. The lowest BCUT2D eigenvalue weighted by atomic mass is 9.93. The maximum Gasteiger partial charge on any atom is 0.254 e. The van der Waals surface area contributed by atoms with Crippen molar-refractivity contribution in [1.82, 2.24) is 20.1 Å². The van der Waals surface area contributed by atoms with Crippen LogP contribution in [0.2, 0.25) is 0 Å². The monoisotopic (exact) mass is 376 g/mol. The molecule has 3 aromatic rings. The van der Waals surface area contributed by atoms with Crippen molar-refractivity contribution in [3.05, 3.63) is 70.3 Å². The molecule has 0 saturated carbocycles. The second kappa shape index (κ2) is 7.11. The van der Waals surface area contributed by atoms with Crippen molar-refractivity contribution in [2.24, 2.45) is 0 Å². The van der Waals surface area contributed by atoms with E-state index in [9.17, 15) is 9.59 Å². The molecule has 4 rings (SSSR count). The quantitative estimate of drug-likeness (QED) is 0.726. The van der Waals surface area contributed by atoms with Gasteiger partial charge in [0.2, 0.25) is 0 Å². The Morgan fingerprint density at radius 1 is 1.21 bits per heavy atom. The Labute approximate surface area is 164 Å². The number of aryl methyl sites for hydroxylation is 2. The van der Waals surface area contributed by atoms with Crippen LogP contribution in [0.3, 0.4) is 0 Å². The fraction of sp³-hybridized carbons (Fsp3) is 0.318. The number of fused-ring (bicyclic) bond motifs is 1. The van der Waals surface area contributed by atoms with Gasteiger partial charge in [0.05, 0.1) is 29.1 Å². The molecule has 0 aliphatic heterocycles. The van der Waals surface area contributed by atoms with Crippen LogP contribution in [-0.4, -0.2) is 26.5 Å². The van der Waals surface area contributed by atoms with Crippen LogP contribution >= 0.6 is 0 Å². The number of aromatic amines is 1. The Morgan fingerprint density at radius 2 is 1.96 bits per heavy atom. The van der Waals surface area contributed by atoms with Crippen LogP contribution in [0.1, 0.15) is 69.2 Å². The second-order valence-corrected chi connectivity index (χ2v) is 7.38. The summed E-state index contributed by atoms with van der Waals surface area (Å²) in [4.78, 5) is 28.6. The highest BCUT2D eigenvalue weighted by molar-refractivity contribution is 6.10. The summed E-state index contributed by atoms with van der Waals surface area (Å²) < 4.78 is 1.87. The Kier molecular flexibility index (Phi) is 4.63. The number of rotatable bonds is 4. The average Bonchev–Trinajstić information content (AvgIpc) is 3.22. The van der Waals surface area contributed by atoms with Gasteiger partial charge >= 0.3 is 0 Å². The minimum absolute atomic E-state index is 0.0523. The van der Waals surface area contributed by atoms with Gasteiger partial charge in [-0.1, -0.05) is 18.2 Å². The molecule has 0 spiro atoms. The Hall–Kier alpha value is -3.15. The number of nitrogens with one attached hydrogen (secondary N) is 2. The first-order chi connectivity index (χ1) is 13.5. The number of hydrogen-bond acceptors (Lipinski definition) is 3. The molecule has 1 aliphatic carbocycles. The molecule has 144 valence electrons. The van der Waals surface area contributed by atoms with Gasteiger partial charge in [0.25, 0.3) is 5.91 Å². The van der Waals surface area contributed by atoms with E-state index in [-0.39, 0.29) is 17.7 Å². The smallest absolute Gasteiger partial charge is 0.254 e. The molecule has 1 atom stereocenters. The summed E-state index contributed by atoms with van der Waals surface area (Å²) in [5.41, 5.74) is 5.60. The molecule has 2 aromatic heterocycles. The number of aromatic nitrogens is 3. The lowest BCUT2D eigenvalue weighted by molar-refractivity contribution is 0.0918. The Morgan fingerprint density at radius 3 is 2.71 bits per heavy atom. The highest BCUT2D eigenvalue weighted by Gasteiger charge is 2.29. The van der Waals surface area contributed by atoms with Gasteiger partial charge in [-0.25, -0.2) is 4.68 Å². The minimum atomic E-state index is -0.228. The fourth-order valence-electron chi connectivity index (χ4n) is 4.04. The van der Waals surface area contributed by atoms with Crippen molar-refractivity contribution < 1.29 is 9.59 Å². The van der Waals surface area contributed by atoms with Crippen LogP contribution in [0, 0.1) is 13.8 Å². The summed E-state index contributed by atoms with van der Waals surface area (Å²) in [6.45, 7) is 5.78. The maximum absolute atomic E-state index is 13.0. The number of ketones is 1. The number of benzene rings is 1. The summed E-state index contributed by atoms with van der Waals surface area (Å²) in [5.74, 6) is -0.166. The van der Waals surface area contributed by atoms with E-state index in [4.69, 9.17) is 0 Å². The molecule has 2 N–H and O–H groups in total. The van der Waals surface area contributed by atoms with Crippen LogP contribution in [0.15, 0.2) is 36.5 Å². The van der Waals surface area contributed by atoms with Crippen LogP contribution in [-0.2, 0) is 6.42 Å². The molecule has 0 unspecified atom stereocenters. The van der Waals surface area contributed by atoms with E-state index in [0.29, 0.717) is 17.5 Å². The first kappa shape index (κ1) is 18.2. The first-order valence-corrected chi connectivity index (χ1v) is 9.62. The summed E-state index contributed by atoms with van der Waals surface area (Å²) in [7, 11) is 0. The Balaban J connectivity index is 1.59. The van der Waals surface area contributed by atoms with Gasteiger partial charge in [0.1, 0.15) is 0 Å². The molecular weight excluding hydrogens is 352 g/mol. The number of nitrogens with zero attached hydrogens (tertiary/aromatic N) is 2. The third-order valence-corrected chi connectivity index (χ3v) is 5.46. The zero-order valence-corrected chi connectivity index (χ0v) is 16.4. The van der Waals surface area contributed by atoms with Crippen molar-refractivity contribution in [2.45, 2.75) is 46.1 Å². The van der Waals surface area contributed by atoms with Gasteiger partial charge in [-0.05, 0) is 45.7 Å². The van der Waals surface area contributed by atoms with Crippen molar-refractivity contribution in [1.29, 1.82) is 0 Å². The molecule has 28 heavy (non-hydrogen) atoms. The van der Waals surface area contributed by atoms with Crippen LogP contribution in [0.25, 0.3) is 5.69 Å². The van der Waals surface area contributed by atoms with Gasteiger partial charge in [-0.2, -0.15) is 5.10 Å². The summed E-state index contributed by atoms with van der Waals surface area (Å²) >= 11 is 0. The number of carbonyl (C=O) groups is 2. The summed E-state index contributed by atoms with van der Waals surface area (Å²) in [6, 6.07) is 9.66. The zero-order chi connectivity index (χ0) is 19.8. The van der Waals surface area contributed by atoms with Gasteiger partial charge in [0, 0.05) is 29.1 Å². The fourth-order valence-corrected chi connectivity index (χ4v) is 4.04. The van der Waals surface area contributed by atoms with Crippen LogP contribution in [0.4, 0.5) is 0 Å². The lowest BCUT2D eigenvalue weighted by Crippen LogP contribution is -2.29. The third kappa shape index (κ3) is 3.05. The number of Topliss-reactive ketones (excluding diaryl/α,β-unsaturated/α-hetero) is 1. The van der Waals surface area contributed by atoms with E-state index < -0.39 is 0 Å². The number of hydrogen-bond donors (Lipinski definition) is 2. The molecule has 0 bridgehead atoms. The number of para-hydroxylation sites is 1. The van der Waals surface area contributed by atoms with E-state index in [1.54, 1.807) is 6.20 Å². The number of H-pyrrole nitrogens is 1. The molecular formula is C22H24N4O2. The SMILES string of the molecule is Cc1[nH]c2c(c1C(=O)N[C@H](C)c1cnn(-c3ccccc3)c1C)C(=O)CCC2. The van der Waals surface area contributed by atoms with Crippen molar-refractivity contribution in [2.75, 3.05) is 0 Å². The van der Waals surface area contributed by atoms with Gasteiger partial charge in [-0.15, -0.1) is 0 Å². The van der Waals surface area contributed by atoms with Gasteiger partial charge < -0.3 is 10.3 Å². The van der Waals surface area contributed by atoms with E-state index in [2.05, 4.69) is 15.4 Å². The Bertz CT molecular complexity index is 1050. The van der Waals surface area contributed by atoms with Gasteiger partial charge in [-0.3, -0.25) is 9.59 Å². The molecule has 1 aliphatic rings. The topological polar surface area (TPSA) is 79.8 Å². The summed E-state index contributed by atoms with van der Waals surface area (Å²) in [6.07, 6.45) is 3.94. The largest absolute Gasteiger partial charge is 0.361 e. The van der Waals surface area contributed by atoms with Crippen molar-refractivity contribution in [3.63, 3.8) is 0 Å². The first-order valence-electron chi connectivity index (χ1n) is 9.62. The van der Waals surface area contributed by atoms with Gasteiger partial charge in [0.15, 0.2) is 5.78 Å². The van der Waals surface area contributed by atoms with E-state index in [1.807, 2.05) is 55.8 Å². The molecule has 0 saturated heterocycles. The lowest BCUT2D eigenvalue weighted by Gasteiger charge is -2.16. The van der Waals surface area contributed by atoms with E-state index >= 15 is 0 Å². The highest BCUT2D eigenvalue weighted by atomic mass is 16.2. The molecule has 0 fully saturated rings. The van der Waals surface area contributed by atoms with Crippen LogP contribution in [0.5, 0.6) is 0 Å². The normalized spacial score (nSPS) is 14.6. The molecule has 6 heteroatoms. The number of carbonyl (C=O) groups excluding carboxylic acids is 2. The number of amides is 1. The predicted molar refractivity (Wildman–Crippen MR) is 107 cm³/mol. The third-order valence-electron chi connectivity index (χ3n) is 5.46. The van der Waals surface area contributed by atoms with E-state index in [0.717, 1.165) is 41.2 Å². The summed E-state index contributed by atoms with van der Waals surface area (Å²) in [5, 5.41) is 7.53. The average molecular weight is 376 g/mol. The maximum atomic E-state index is 13.0. The standard InChI is InChI=1S/C22H24N4O2/c1-13(17-12-23-26(15(17)3)16-8-5-4-6-9-16)25-22(28)20-14(2)24-18-10-7-11-19(27)21(18)20/h4-6,8-9,12-13,24H,7,10-11H2,1-3H3,(H,25,28)/t13-/m1/s1. The van der Waals surface area contributed by atoms with Crippen molar-refractivity contribution >= 4 is 11.7 Å². The minimum Gasteiger partial charge on any atom is -0.361 e. The molecule has 1 amide bonds. The predicted octanol–water partition coefficient (Wildman–Crippen LogP) is 3.83. The van der Waals surface area contributed by atoms with Crippen molar-refractivity contribution in [3.8, 4) is 5.69 Å². The molecule has 1 aromatic carbocycles. The second-order valence-electron chi connectivity index (χ2n) is 7.38. The highest BCUT2D eigenvalue weighted by Crippen LogP contribution is 2.28. The molecule has 0 radical (unpaired) electrons. The van der Waals surface area contributed by atoms with Crippen LogP contribution < -0.4 is 5.32 Å². The van der Waals surface area contributed by atoms with E-state index in [1.165, 1.54) is 0 Å². The zero-order valence-electron chi connectivity index (χ0n) is 16.4.